The second-order valence-corrected chi connectivity index (χ2v) is 8.31. The molecule has 8 nitrogen and oxygen atoms in total. The van der Waals surface area contributed by atoms with Crippen molar-refractivity contribution in [1.82, 2.24) is 9.55 Å². The Kier molecular flexibility index (Phi) is 7.54. The third-order valence-corrected chi connectivity index (χ3v) is 6.02. The Balaban J connectivity index is 2.16. The molecule has 0 aromatic carbocycles. The largest absolute Gasteiger partial charge is 0.464 e. The summed E-state index contributed by atoms with van der Waals surface area (Å²) < 4.78 is 12.7. The number of nitrogens with zero attached hydrogens (tertiary/aromatic N) is 2. The number of hydrogen-bond donors (Lipinski definition) is 2. The first kappa shape index (κ1) is 23.1. The molecule has 3 heterocycles. The van der Waals surface area contributed by atoms with Gasteiger partial charge in [-0.05, 0) is 38.7 Å². The van der Waals surface area contributed by atoms with Crippen LogP contribution in [0.2, 0.25) is 0 Å². The van der Waals surface area contributed by atoms with Gasteiger partial charge >= 0.3 is 5.97 Å². The molecule has 170 valence electrons. The Morgan fingerprint density at radius 2 is 2.10 bits per heavy atom. The van der Waals surface area contributed by atoms with Crippen LogP contribution in [-0.4, -0.2) is 47.3 Å². The van der Waals surface area contributed by atoms with Gasteiger partial charge in [0.2, 0.25) is 5.91 Å². The monoisotopic (exact) mass is 430 g/mol. The van der Waals surface area contributed by atoms with E-state index in [1.165, 1.54) is 7.11 Å². The predicted molar refractivity (Wildman–Crippen MR) is 122 cm³/mol. The standard InChI is InChI=1S/C23H34N4O4/c1-6-14(3)22(28)26-19-18-11-16(25-15(4)7-2)12-24-21(18)27(20(19)23(29)30-5)13-17-9-8-10-31-17/h11-12,14-15,17,25H,6-10,13H2,1-5H3,(H,26,28)/t14-,15-,17+/m1/s1. The molecule has 1 aliphatic rings. The Morgan fingerprint density at radius 3 is 2.71 bits per heavy atom. The number of carbonyl (C=O) groups excluding carboxylic acids is 2. The van der Waals surface area contributed by atoms with Crippen molar-refractivity contribution in [1.29, 1.82) is 0 Å². The Labute approximate surface area is 183 Å². The molecule has 1 fully saturated rings. The molecule has 0 saturated carbocycles. The summed E-state index contributed by atoms with van der Waals surface area (Å²) in [5.74, 6) is -0.826. The number of carbonyl (C=O) groups is 2. The molecule has 3 atom stereocenters. The summed E-state index contributed by atoms with van der Waals surface area (Å²) in [5, 5.41) is 7.12. The summed E-state index contributed by atoms with van der Waals surface area (Å²) >= 11 is 0. The normalized spacial score (nSPS) is 18.0. The molecule has 0 bridgehead atoms. The van der Waals surface area contributed by atoms with Gasteiger partial charge in [0, 0.05) is 24.0 Å². The van der Waals surface area contributed by atoms with E-state index in [4.69, 9.17) is 9.47 Å². The van der Waals surface area contributed by atoms with Crippen LogP contribution in [0.3, 0.4) is 0 Å². The van der Waals surface area contributed by atoms with Gasteiger partial charge in [0.05, 0.1) is 37.3 Å². The smallest absolute Gasteiger partial charge is 0.356 e. The first-order chi connectivity index (χ1) is 14.9. The zero-order valence-corrected chi connectivity index (χ0v) is 19.2. The molecule has 0 aliphatic carbocycles. The van der Waals surface area contributed by atoms with E-state index in [2.05, 4.69) is 29.5 Å². The number of anilines is 2. The van der Waals surface area contributed by atoms with Crippen LogP contribution in [0.1, 0.15) is 63.9 Å². The van der Waals surface area contributed by atoms with Crippen molar-refractivity contribution in [2.45, 2.75) is 72.1 Å². The molecule has 2 aromatic rings. The van der Waals surface area contributed by atoms with Crippen LogP contribution < -0.4 is 10.6 Å². The maximum Gasteiger partial charge on any atom is 0.356 e. The molecule has 8 heteroatoms. The molecule has 31 heavy (non-hydrogen) atoms. The zero-order chi connectivity index (χ0) is 22.5. The highest BCUT2D eigenvalue weighted by Gasteiger charge is 2.29. The van der Waals surface area contributed by atoms with Gasteiger partial charge in [-0.2, -0.15) is 0 Å². The van der Waals surface area contributed by atoms with Crippen LogP contribution in [0.4, 0.5) is 11.4 Å². The van der Waals surface area contributed by atoms with Crippen molar-refractivity contribution < 1.29 is 19.1 Å². The molecule has 2 aromatic heterocycles. The van der Waals surface area contributed by atoms with Crippen LogP contribution >= 0.6 is 0 Å². The van der Waals surface area contributed by atoms with Crippen molar-refractivity contribution >= 4 is 34.3 Å². The van der Waals surface area contributed by atoms with Gasteiger partial charge < -0.3 is 24.7 Å². The van der Waals surface area contributed by atoms with Gasteiger partial charge in [0.25, 0.3) is 0 Å². The second kappa shape index (κ2) is 10.1. The number of esters is 1. The SMILES string of the molecule is CC[C@@H](C)Nc1cnc2c(c1)c(NC(=O)[C@H](C)CC)c(C(=O)OC)n2C[C@@H]1CCCO1. The van der Waals surface area contributed by atoms with E-state index in [0.29, 0.717) is 42.0 Å². The van der Waals surface area contributed by atoms with Gasteiger partial charge in [-0.3, -0.25) is 4.79 Å². The minimum atomic E-state index is -0.508. The van der Waals surface area contributed by atoms with Crippen LogP contribution in [-0.2, 0) is 20.8 Å². The summed E-state index contributed by atoms with van der Waals surface area (Å²) in [6, 6.07) is 2.21. The van der Waals surface area contributed by atoms with Crippen molar-refractivity contribution in [3.05, 3.63) is 18.0 Å². The van der Waals surface area contributed by atoms with Gasteiger partial charge in [-0.1, -0.05) is 20.8 Å². The van der Waals surface area contributed by atoms with E-state index >= 15 is 0 Å². The lowest BCUT2D eigenvalue weighted by Gasteiger charge is -2.15. The summed E-state index contributed by atoms with van der Waals surface area (Å²) in [6.45, 7) is 9.22. The lowest BCUT2D eigenvalue weighted by molar-refractivity contribution is -0.119. The van der Waals surface area contributed by atoms with Crippen LogP contribution in [0.15, 0.2) is 12.3 Å². The van der Waals surface area contributed by atoms with Gasteiger partial charge in [-0.25, -0.2) is 9.78 Å². The lowest BCUT2D eigenvalue weighted by atomic mass is 10.1. The number of aromatic nitrogens is 2. The van der Waals surface area contributed by atoms with Crippen molar-refractivity contribution in [2.24, 2.45) is 5.92 Å². The first-order valence-corrected chi connectivity index (χ1v) is 11.2. The number of methoxy groups -OCH3 is 1. The van der Waals surface area contributed by atoms with Gasteiger partial charge in [0.1, 0.15) is 5.65 Å². The molecular formula is C23H34N4O4. The van der Waals surface area contributed by atoms with E-state index in [-0.39, 0.29) is 24.0 Å². The lowest BCUT2D eigenvalue weighted by Crippen LogP contribution is -2.23. The predicted octanol–water partition coefficient (Wildman–Crippen LogP) is 4.20. The molecule has 2 N–H and O–H groups in total. The van der Waals surface area contributed by atoms with Crippen molar-refractivity contribution in [3.8, 4) is 0 Å². The Hall–Kier alpha value is -2.61. The van der Waals surface area contributed by atoms with Crippen LogP contribution in [0.25, 0.3) is 11.0 Å². The molecular weight excluding hydrogens is 396 g/mol. The van der Waals surface area contributed by atoms with Gasteiger partial charge in [-0.15, -0.1) is 0 Å². The number of nitrogens with one attached hydrogen (secondary N) is 2. The summed E-state index contributed by atoms with van der Waals surface area (Å²) in [6.07, 6.45) is 5.34. The van der Waals surface area contributed by atoms with E-state index in [1.54, 1.807) is 6.20 Å². The minimum absolute atomic E-state index is 0.00293. The van der Waals surface area contributed by atoms with Crippen LogP contribution in [0, 0.1) is 5.92 Å². The average Bonchev–Trinajstić information content (AvgIpc) is 3.39. The van der Waals surface area contributed by atoms with E-state index in [0.717, 1.165) is 24.9 Å². The number of amides is 1. The fourth-order valence-electron chi connectivity index (χ4n) is 3.73. The van der Waals surface area contributed by atoms with E-state index in [9.17, 15) is 9.59 Å². The van der Waals surface area contributed by atoms with E-state index < -0.39 is 5.97 Å². The number of ether oxygens (including phenoxy) is 2. The molecule has 1 aliphatic heterocycles. The molecule has 3 rings (SSSR count). The molecule has 0 spiro atoms. The summed E-state index contributed by atoms with van der Waals surface area (Å²) in [7, 11) is 1.35. The van der Waals surface area contributed by atoms with E-state index in [1.807, 2.05) is 24.5 Å². The van der Waals surface area contributed by atoms with Crippen LogP contribution in [0.5, 0.6) is 0 Å². The molecule has 0 radical (unpaired) electrons. The zero-order valence-electron chi connectivity index (χ0n) is 19.2. The molecule has 1 saturated heterocycles. The number of fused-ring (bicyclic) bond motifs is 1. The maximum absolute atomic E-state index is 12.8. The fourth-order valence-corrected chi connectivity index (χ4v) is 3.73. The quantitative estimate of drug-likeness (QED) is 0.579. The number of hydrogen-bond acceptors (Lipinski definition) is 6. The highest BCUT2D eigenvalue weighted by molar-refractivity contribution is 6.11. The molecule has 0 unspecified atom stereocenters. The highest BCUT2D eigenvalue weighted by atomic mass is 16.5. The Bertz CT molecular complexity index is 933. The highest BCUT2D eigenvalue weighted by Crippen LogP contribution is 2.34. The average molecular weight is 431 g/mol. The second-order valence-electron chi connectivity index (χ2n) is 8.31. The molecule has 1 amide bonds. The van der Waals surface area contributed by atoms with Crippen molar-refractivity contribution in [3.63, 3.8) is 0 Å². The topological polar surface area (TPSA) is 94.5 Å². The van der Waals surface area contributed by atoms with Gasteiger partial charge in [0.15, 0.2) is 5.69 Å². The maximum atomic E-state index is 12.8. The Morgan fingerprint density at radius 1 is 1.32 bits per heavy atom. The fraction of sp³-hybridized carbons (Fsp3) is 0.609. The summed E-state index contributed by atoms with van der Waals surface area (Å²) in [4.78, 5) is 30.3. The third-order valence-electron chi connectivity index (χ3n) is 6.02. The number of pyridine rings is 1. The van der Waals surface area contributed by atoms with Crippen molar-refractivity contribution in [2.75, 3.05) is 24.4 Å². The summed E-state index contributed by atoms with van der Waals surface area (Å²) in [5.41, 5.74) is 2.22. The minimum Gasteiger partial charge on any atom is -0.464 e. The first-order valence-electron chi connectivity index (χ1n) is 11.2. The third kappa shape index (κ3) is 5.01. The number of rotatable bonds is 9.